The predicted octanol–water partition coefficient (Wildman–Crippen LogP) is 0.940. The van der Waals surface area contributed by atoms with Crippen LogP contribution in [0.3, 0.4) is 0 Å². The lowest BCUT2D eigenvalue weighted by Crippen LogP contribution is -2.42. The van der Waals surface area contributed by atoms with E-state index in [2.05, 4.69) is 9.89 Å². The zero-order chi connectivity index (χ0) is 15.2. The number of hydrogen-bond donors (Lipinski definition) is 2. The number of rotatable bonds is 5. The number of oxime groups is 1. The molecular formula is C11H18F3N3O3. The van der Waals surface area contributed by atoms with Gasteiger partial charge < -0.3 is 20.6 Å². The van der Waals surface area contributed by atoms with Crippen molar-refractivity contribution < 1.29 is 27.9 Å². The van der Waals surface area contributed by atoms with Crippen LogP contribution in [0.15, 0.2) is 5.16 Å². The number of ether oxygens (including phenoxy) is 1. The maximum atomic E-state index is 11.8. The second-order valence-corrected chi connectivity index (χ2v) is 4.60. The summed E-state index contributed by atoms with van der Waals surface area (Å²) in [7, 11) is 0. The van der Waals surface area contributed by atoms with Crippen LogP contribution in [0, 0.1) is 5.92 Å². The molecule has 9 heteroatoms. The molecule has 0 radical (unpaired) electrons. The highest BCUT2D eigenvalue weighted by Gasteiger charge is 2.28. The highest BCUT2D eigenvalue weighted by atomic mass is 19.4. The van der Waals surface area contributed by atoms with E-state index in [0.717, 1.165) is 0 Å². The van der Waals surface area contributed by atoms with Crippen molar-refractivity contribution in [1.29, 1.82) is 0 Å². The number of amidine groups is 1. The molecule has 116 valence electrons. The molecule has 0 bridgehead atoms. The molecular weight excluding hydrogens is 279 g/mol. The maximum absolute atomic E-state index is 11.8. The van der Waals surface area contributed by atoms with E-state index >= 15 is 0 Å². The van der Waals surface area contributed by atoms with Gasteiger partial charge in [0.25, 0.3) is 0 Å². The first kappa shape index (κ1) is 16.5. The summed E-state index contributed by atoms with van der Waals surface area (Å²) in [5.74, 6) is -0.165. The third-order valence-electron chi connectivity index (χ3n) is 3.11. The van der Waals surface area contributed by atoms with Crippen molar-refractivity contribution in [2.24, 2.45) is 16.8 Å². The molecule has 0 aromatic heterocycles. The smallest absolute Gasteiger partial charge is 0.409 e. The molecule has 0 atom stereocenters. The van der Waals surface area contributed by atoms with E-state index in [1.54, 1.807) is 4.90 Å². The number of nitrogens with two attached hydrogens (primary N) is 1. The molecule has 0 aliphatic carbocycles. The molecule has 1 saturated heterocycles. The fraction of sp³-hybridized carbons (Fsp3) is 0.818. The summed E-state index contributed by atoms with van der Waals surface area (Å²) >= 11 is 0. The summed E-state index contributed by atoms with van der Waals surface area (Å²) < 4.78 is 39.9. The van der Waals surface area contributed by atoms with Gasteiger partial charge in [0.05, 0.1) is 13.0 Å². The van der Waals surface area contributed by atoms with Gasteiger partial charge in [0.2, 0.25) is 5.91 Å². The lowest BCUT2D eigenvalue weighted by molar-refractivity contribution is -0.175. The molecule has 20 heavy (non-hydrogen) atoms. The highest BCUT2D eigenvalue weighted by Crippen LogP contribution is 2.18. The summed E-state index contributed by atoms with van der Waals surface area (Å²) in [4.78, 5) is 13.3. The van der Waals surface area contributed by atoms with Gasteiger partial charge in [-0.05, 0) is 12.8 Å². The van der Waals surface area contributed by atoms with Gasteiger partial charge in [0, 0.05) is 19.0 Å². The second-order valence-electron chi connectivity index (χ2n) is 4.60. The van der Waals surface area contributed by atoms with Gasteiger partial charge in [-0.1, -0.05) is 5.16 Å². The van der Waals surface area contributed by atoms with Gasteiger partial charge in [-0.15, -0.1) is 0 Å². The zero-order valence-corrected chi connectivity index (χ0v) is 10.9. The van der Waals surface area contributed by atoms with Crippen molar-refractivity contribution in [3.63, 3.8) is 0 Å². The first-order chi connectivity index (χ1) is 9.33. The largest absolute Gasteiger partial charge is 0.411 e. The molecule has 0 saturated carbocycles. The van der Waals surface area contributed by atoms with Crippen LogP contribution in [0.1, 0.15) is 19.3 Å². The molecule has 0 spiro atoms. The van der Waals surface area contributed by atoms with Crippen LogP contribution in [0.4, 0.5) is 13.2 Å². The van der Waals surface area contributed by atoms with Crippen LogP contribution in [0.25, 0.3) is 0 Å². The Morgan fingerprint density at radius 1 is 1.40 bits per heavy atom. The van der Waals surface area contributed by atoms with E-state index in [0.29, 0.717) is 25.9 Å². The molecule has 6 nitrogen and oxygen atoms in total. The number of likely N-dealkylation sites (tertiary alicyclic amines) is 1. The van der Waals surface area contributed by atoms with Crippen molar-refractivity contribution in [3.05, 3.63) is 0 Å². The Bertz CT molecular complexity index is 353. The Hall–Kier alpha value is -1.51. The van der Waals surface area contributed by atoms with Crippen LogP contribution in [-0.2, 0) is 9.53 Å². The minimum atomic E-state index is -4.37. The Labute approximate surface area is 114 Å². The predicted molar refractivity (Wildman–Crippen MR) is 64.2 cm³/mol. The van der Waals surface area contributed by atoms with Crippen molar-refractivity contribution in [3.8, 4) is 0 Å². The van der Waals surface area contributed by atoms with Crippen molar-refractivity contribution in [1.82, 2.24) is 4.90 Å². The van der Waals surface area contributed by atoms with Crippen LogP contribution in [-0.4, -0.2) is 54.3 Å². The van der Waals surface area contributed by atoms with Gasteiger partial charge in [-0.2, -0.15) is 13.2 Å². The molecule has 0 unspecified atom stereocenters. The molecule has 1 aliphatic heterocycles. The molecule has 1 heterocycles. The number of alkyl halides is 3. The highest BCUT2D eigenvalue weighted by molar-refractivity contribution is 5.83. The zero-order valence-electron chi connectivity index (χ0n) is 10.9. The van der Waals surface area contributed by atoms with Crippen LogP contribution >= 0.6 is 0 Å². The maximum Gasteiger partial charge on any atom is 0.411 e. The third-order valence-corrected chi connectivity index (χ3v) is 3.11. The number of carbonyl (C=O) groups is 1. The quantitative estimate of drug-likeness (QED) is 0.260. The summed E-state index contributed by atoms with van der Waals surface area (Å²) in [5.41, 5.74) is 5.48. The lowest BCUT2D eigenvalue weighted by atomic mass is 9.96. The fourth-order valence-electron chi connectivity index (χ4n) is 2.01. The van der Waals surface area contributed by atoms with Crippen molar-refractivity contribution >= 4 is 11.7 Å². The molecule has 1 rings (SSSR count). The SMILES string of the molecule is NC(=NO)C1CCN(C(=O)CCOCC(F)(F)F)CC1. The van der Waals surface area contributed by atoms with E-state index in [4.69, 9.17) is 10.9 Å². The van der Waals surface area contributed by atoms with Crippen molar-refractivity contribution in [2.45, 2.75) is 25.4 Å². The Morgan fingerprint density at radius 3 is 2.50 bits per heavy atom. The van der Waals surface area contributed by atoms with Gasteiger partial charge in [0.15, 0.2) is 0 Å². The minimum absolute atomic E-state index is 0.0643. The first-order valence-corrected chi connectivity index (χ1v) is 6.23. The van der Waals surface area contributed by atoms with E-state index in [1.807, 2.05) is 0 Å². The molecule has 0 aromatic carbocycles. The molecule has 0 aromatic rings. The van der Waals surface area contributed by atoms with Gasteiger partial charge in [-0.25, -0.2) is 0 Å². The molecule has 1 aliphatic rings. The van der Waals surface area contributed by atoms with Gasteiger partial charge in [0.1, 0.15) is 12.4 Å². The summed E-state index contributed by atoms with van der Waals surface area (Å²) in [5, 5.41) is 11.5. The standard InChI is InChI=1S/C11H18F3N3O3/c12-11(13,14)7-20-6-3-9(18)17-4-1-8(2-5-17)10(15)16-19/h8,19H,1-7H2,(H2,15,16). The van der Waals surface area contributed by atoms with E-state index in [9.17, 15) is 18.0 Å². The van der Waals surface area contributed by atoms with Crippen LogP contribution in [0.2, 0.25) is 0 Å². The van der Waals surface area contributed by atoms with Crippen LogP contribution < -0.4 is 5.73 Å². The number of carbonyl (C=O) groups excluding carboxylic acids is 1. The average Bonchev–Trinajstić information content (AvgIpc) is 2.41. The summed E-state index contributed by atoms with van der Waals surface area (Å²) in [6, 6.07) is 0. The Kier molecular flexibility index (Phi) is 6.05. The van der Waals surface area contributed by atoms with Gasteiger partial charge in [-0.3, -0.25) is 4.79 Å². The van der Waals surface area contributed by atoms with E-state index in [-0.39, 0.29) is 30.7 Å². The molecule has 3 N–H and O–H groups in total. The average molecular weight is 297 g/mol. The Balaban J connectivity index is 2.23. The topological polar surface area (TPSA) is 88.2 Å². The number of hydrogen-bond acceptors (Lipinski definition) is 4. The third kappa shape index (κ3) is 5.64. The monoisotopic (exact) mass is 297 g/mol. The summed E-state index contributed by atoms with van der Waals surface area (Å²) in [6.07, 6.45) is -3.30. The van der Waals surface area contributed by atoms with Crippen molar-refractivity contribution in [2.75, 3.05) is 26.3 Å². The first-order valence-electron chi connectivity index (χ1n) is 6.23. The summed E-state index contributed by atoms with van der Waals surface area (Å²) in [6.45, 7) is -0.706. The number of nitrogens with zero attached hydrogens (tertiary/aromatic N) is 2. The minimum Gasteiger partial charge on any atom is -0.409 e. The van der Waals surface area contributed by atoms with Crippen LogP contribution in [0.5, 0.6) is 0 Å². The molecule has 1 fully saturated rings. The van der Waals surface area contributed by atoms with E-state index in [1.165, 1.54) is 0 Å². The van der Waals surface area contributed by atoms with Gasteiger partial charge >= 0.3 is 6.18 Å². The van der Waals surface area contributed by atoms with E-state index < -0.39 is 12.8 Å². The molecule has 1 amide bonds. The number of amides is 1. The number of piperidine rings is 1. The normalized spacial score (nSPS) is 18.4. The number of halogens is 3. The fourth-order valence-corrected chi connectivity index (χ4v) is 2.01. The lowest BCUT2D eigenvalue weighted by Gasteiger charge is -2.31. The Morgan fingerprint density at radius 2 is 2.00 bits per heavy atom. The second kappa shape index (κ2) is 7.32.